The Bertz CT molecular complexity index is 1050. The van der Waals surface area contributed by atoms with Crippen molar-refractivity contribution < 1.29 is 38.2 Å². The van der Waals surface area contributed by atoms with Crippen molar-refractivity contribution >= 4 is 17.9 Å². The maximum atomic E-state index is 12.7. The van der Waals surface area contributed by atoms with E-state index in [-0.39, 0.29) is 42.7 Å². The van der Waals surface area contributed by atoms with Crippen LogP contribution in [0.25, 0.3) is 0 Å². The van der Waals surface area contributed by atoms with Gasteiger partial charge in [-0.05, 0) is 70.6 Å². The van der Waals surface area contributed by atoms with Crippen molar-refractivity contribution in [2.45, 2.75) is 167 Å². The molecular weight excluding hydrogens is 666 g/mol. The third kappa shape index (κ3) is 34.5. The maximum absolute atomic E-state index is 12.7. The van der Waals surface area contributed by atoms with Gasteiger partial charge in [0.2, 0.25) is 0 Å². The Morgan fingerprint density at radius 2 is 1.06 bits per heavy atom. The molecule has 0 rings (SSSR count). The van der Waals surface area contributed by atoms with Crippen LogP contribution in [-0.4, -0.2) is 75.5 Å². The zero-order chi connectivity index (χ0) is 39.3. The Kier molecular flexibility index (Phi) is 34.0. The van der Waals surface area contributed by atoms with E-state index < -0.39 is 18.1 Å². The first-order valence-electron chi connectivity index (χ1n) is 20.8. The summed E-state index contributed by atoms with van der Waals surface area (Å²) >= 11 is 0. The van der Waals surface area contributed by atoms with Crippen LogP contribution < -0.4 is 5.11 Å². The van der Waals surface area contributed by atoms with Crippen molar-refractivity contribution in [1.82, 2.24) is 0 Å². The number of likely N-dealkylation sites (N-methyl/N-ethyl adjacent to an activating group) is 1. The van der Waals surface area contributed by atoms with Gasteiger partial charge < -0.3 is 28.6 Å². The number of quaternary nitrogens is 1. The highest BCUT2D eigenvalue weighted by molar-refractivity contribution is 5.70. The Morgan fingerprint density at radius 1 is 0.585 bits per heavy atom. The van der Waals surface area contributed by atoms with Gasteiger partial charge >= 0.3 is 11.9 Å². The van der Waals surface area contributed by atoms with Crippen molar-refractivity contribution in [1.29, 1.82) is 0 Å². The molecule has 0 bridgehead atoms. The van der Waals surface area contributed by atoms with Crippen LogP contribution in [0.5, 0.6) is 0 Å². The summed E-state index contributed by atoms with van der Waals surface area (Å²) in [6.45, 7) is 4.44. The van der Waals surface area contributed by atoms with Crippen LogP contribution in [-0.2, 0) is 28.6 Å². The average molecular weight is 744 g/mol. The summed E-state index contributed by atoms with van der Waals surface area (Å²) in [6, 6.07) is -0.730. The predicted octanol–water partition coefficient (Wildman–Crippen LogP) is 9.69. The SMILES string of the molecule is CC/C=C\C/C=C\C/C=C\C/C=C\CCCCCCCCC(=O)OC(COCCC(C(=O)[O-])[N+](C)(C)C)COC(=O)CCCCCCC/C=C\CCC. The maximum Gasteiger partial charge on any atom is 0.306 e. The first kappa shape index (κ1) is 50.0. The van der Waals surface area contributed by atoms with Crippen molar-refractivity contribution in [2.75, 3.05) is 41.0 Å². The van der Waals surface area contributed by atoms with Crippen LogP contribution in [0.15, 0.2) is 60.8 Å². The molecule has 0 heterocycles. The molecular formula is C45H77NO7. The van der Waals surface area contributed by atoms with Gasteiger partial charge in [-0.15, -0.1) is 0 Å². The van der Waals surface area contributed by atoms with Crippen LogP contribution in [0.2, 0.25) is 0 Å². The summed E-state index contributed by atoms with van der Waals surface area (Å²) in [4.78, 5) is 36.7. The second-order valence-corrected chi connectivity index (χ2v) is 14.8. The molecule has 0 aliphatic carbocycles. The fraction of sp³-hybridized carbons (Fsp3) is 0.711. The minimum atomic E-state index is -1.13. The average Bonchev–Trinajstić information content (AvgIpc) is 3.11. The molecule has 0 aliphatic rings. The lowest BCUT2D eigenvalue weighted by molar-refractivity contribution is -0.889. The van der Waals surface area contributed by atoms with Gasteiger partial charge in [0.05, 0.1) is 40.3 Å². The zero-order valence-corrected chi connectivity index (χ0v) is 34.4. The molecule has 0 spiro atoms. The van der Waals surface area contributed by atoms with Crippen LogP contribution in [0.4, 0.5) is 0 Å². The first-order valence-corrected chi connectivity index (χ1v) is 20.8. The lowest BCUT2D eigenvalue weighted by Gasteiger charge is -2.34. The first-order chi connectivity index (χ1) is 25.6. The number of carbonyl (C=O) groups is 3. The number of nitrogens with zero attached hydrogens (tertiary/aromatic N) is 1. The Hall–Kier alpha value is -2.97. The molecule has 0 aliphatic heterocycles. The Balaban J connectivity index is 4.38. The van der Waals surface area contributed by atoms with E-state index in [0.717, 1.165) is 96.3 Å². The van der Waals surface area contributed by atoms with Crippen molar-refractivity contribution in [3.63, 3.8) is 0 Å². The Labute approximate surface area is 324 Å². The van der Waals surface area contributed by atoms with E-state index in [1.807, 2.05) is 0 Å². The number of carboxylic acids is 1. The summed E-state index contributed by atoms with van der Waals surface area (Å²) < 4.78 is 17.1. The van der Waals surface area contributed by atoms with E-state index >= 15 is 0 Å². The molecule has 0 N–H and O–H groups in total. The second-order valence-electron chi connectivity index (χ2n) is 14.8. The van der Waals surface area contributed by atoms with Crippen LogP contribution in [0, 0.1) is 0 Å². The lowest BCUT2D eigenvalue weighted by Crippen LogP contribution is -2.55. The number of carbonyl (C=O) groups excluding carboxylic acids is 3. The van der Waals surface area contributed by atoms with Gasteiger partial charge in [-0.25, -0.2) is 0 Å². The number of rotatable bonds is 36. The van der Waals surface area contributed by atoms with Crippen molar-refractivity contribution in [3.05, 3.63) is 60.8 Å². The quantitative estimate of drug-likeness (QED) is 0.0273. The molecule has 0 aromatic carbocycles. The van der Waals surface area contributed by atoms with E-state index in [0.29, 0.717) is 12.8 Å². The molecule has 0 fully saturated rings. The number of carboxylic acid groups (broad SMARTS) is 1. The summed E-state index contributed by atoms with van der Waals surface area (Å²) in [7, 11) is 5.39. The molecule has 8 heteroatoms. The molecule has 2 atom stereocenters. The fourth-order valence-electron chi connectivity index (χ4n) is 5.65. The van der Waals surface area contributed by atoms with Crippen LogP contribution >= 0.6 is 0 Å². The lowest BCUT2D eigenvalue weighted by atomic mass is 10.1. The molecule has 304 valence electrons. The highest BCUT2D eigenvalue weighted by Crippen LogP contribution is 2.13. The molecule has 0 amide bonds. The zero-order valence-electron chi connectivity index (χ0n) is 34.4. The van der Waals surface area contributed by atoms with Crippen molar-refractivity contribution in [3.8, 4) is 0 Å². The number of hydrogen-bond donors (Lipinski definition) is 0. The molecule has 0 saturated carbocycles. The number of hydrogen-bond acceptors (Lipinski definition) is 7. The summed E-state index contributed by atoms with van der Waals surface area (Å²) in [6.07, 6.45) is 42.4. The van der Waals surface area contributed by atoms with E-state index in [4.69, 9.17) is 14.2 Å². The third-order valence-corrected chi connectivity index (χ3v) is 8.87. The van der Waals surface area contributed by atoms with Gasteiger partial charge in [-0.1, -0.05) is 126 Å². The van der Waals surface area contributed by atoms with Crippen molar-refractivity contribution in [2.24, 2.45) is 0 Å². The molecule has 8 nitrogen and oxygen atoms in total. The van der Waals surface area contributed by atoms with E-state index in [1.54, 1.807) is 21.1 Å². The summed E-state index contributed by atoms with van der Waals surface area (Å²) in [5.74, 6) is -1.78. The summed E-state index contributed by atoms with van der Waals surface area (Å²) in [5.41, 5.74) is 0. The molecule has 0 radical (unpaired) electrons. The number of ether oxygens (including phenoxy) is 3. The van der Waals surface area contributed by atoms with E-state index in [2.05, 4.69) is 74.6 Å². The molecule has 0 saturated heterocycles. The van der Waals surface area contributed by atoms with Gasteiger partial charge in [0.1, 0.15) is 12.6 Å². The number of esters is 2. The van der Waals surface area contributed by atoms with Crippen LogP contribution in [0.1, 0.15) is 155 Å². The number of unbranched alkanes of at least 4 members (excludes halogenated alkanes) is 12. The fourth-order valence-corrected chi connectivity index (χ4v) is 5.65. The smallest absolute Gasteiger partial charge is 0.306 e. The molecule has 0 aromatic rings. The molecule has 2 unspecified atom stereocenters. The third-order valence-electron chi connectivity index (χ3n) is 8.87. The van der Waals surface area contributed by atoms with Crippen LogP contribution in [0.3, 0.4) is 0 Å². The standard InChI is InChI=1S/C45H77NO7/c1-6-8-10-12-14-16-18-19-20-21-22-23-24-25-26-28-30-32-34-36-44(48)53-41(39-51-38-37-42(45(49)50)46(3,4)5)40-52-43(47)35-33-31-29-27-17-15-13-11-9-7-2/h8,10-11,13-14,16,19-20,22-23,41-42H,6-7,9,12,15,17-18,21,24-40H2,1-5H3/b10-8-,13-11-,16-14-,20-19-,23-22-. The Morgan fingerprint density at radius 3 is 1.58 bits per heavy atom. The number of allylic oxidation sites excluding steroid dienone is 10. The second kappa shape index (κ2) is 36.0. The van der Waals surface area contributed by atoms with Gasteiger partial charge in [-0.2, -0.15) is 0 Å². The predicted molar refractivity (Wildman–Crippen MR) is 217 cm³/mol. The van der Waals surface area contributed by atoms with Gasteiger partial charge in [0, 0.05) is 19.3 Å². The minimum Gasteiger partial charge on any atom is -0.544 e. The molecule has 53 heavy (non-hydrogen) atoms. The van der Waals surface area contributed by atoms with Gasteiger partial charge in [0.15, 0.2) is 6.10 Å². The monoisotopic (exact) mass is 744 g/mol. The minimum absolute atomic E-state index is 0.0297. The van der Waals surface area contributed by atoms with E-state index in [1.165, 1.54) is 25.7 Å². The largest absolute Gasteiger partial charge is 0.544 e. The van der Waals surface area contributed by atoms with Gasteiger partial charge in [-0.3, -0.25) is 9.59 Å². The highest BCUT2D eigenvalue weighted by atomic mass is 16.6. The topological polar surface area (TPSA) is 102 Å². The molecule has 0 aromatic heterocycles. The normalized spacial score (nSPS) is 13.6. The summed E-state index contributed by atoms with van der Waals surface area (Å²) in [5, 5.41) is 11.6. The van der Waals surface area contributed by atoms with E-state index in [9.17, 15) is 19.5 Å². The highest BCUT2D eigenvalue weighted by Gasteiger charge is 2.25. The van der Waals surface area contributed by atoms with Gasteiger partial charge in [0.25, 0.3) is 0 Å². The number of aliphatic carboxylic acids is 1.